The first kappa shape index (κ1) is 13.7. The Hall–Kier alpha value is -1.91. The van der Waals surface area contributed by atoms with Gasteiger partial charge in [0, 0.05) is 17.1 Å². The Bertz CT molecular complexity index is 784. The quantitative estimate of drug-likeness (QED) is 0.680. The second kappa shape index (κ2) is 5.71. The lowest BCUT2D eigenvalue weighted by atomic mass is 10.1. The highest BCUT2D eigenvalue weighted by atomic mass is 32.1. The summed E-state index contributed by atoms with van der Waals surface area (Å²) >= 11 is 1.71. The molecule has 0 spiro atoms. The van der Waals surface area contributed by atoms with E-state index in [-0.39, 0.29) is 6.04 Å². The fourth-order valence-corrected chi connectivity index (χ4v) is 4.24. The van der Waals surface area contributed by atoms with Crippen molar-refractivity contribution in [1.29, 1.82) is 0 Å². The van der Waals surface area contributed by atoms with E-state index in [1.165, 1.54) is 28.8 Å². The Balaban J connectivity index is 1.75. The Morgan fingerprint density at radius 1 is 1.09 bits per heavy atom. The number of fused-ring (bicyclic) bond motifs is 1. The van der Waals surface area contributed by atoms with Crippen molar-refractivity contribution in [2.45, 2.75) is 18.9 Å². The normalized spacial score (nSPS) is 17.1. The molecule has 4 rings (SSSR count). The van der Waals surface area contributed by atoms with Crippen molar-refractivity contribution in [3.05, 3.63) is 53.7 Å². The lowest BCUT2D eigenvalue weighted by molar-refractivity contribution is -0.112. The molecule has 1 saturated heterocycles. The molecule has 0 radical (unpaired) electrons. The Morgan fingerprint density at radius 3 is 2.59 bits per heavy atom. The summed E-state index contributed by atoms with van der Waals surface area (Å²) in [5.41, 5.74) is 3.52. The smallest absolute Gasteiger partial charge is 0.143 e. The molecule has 0 aliphatic carbocycles. The zero-order valence-electron chi connectivity index (χ0n) is 12.3. The van der Waals surface area contributed by atoms with Gasteiger partial charge >= 0.3 is 0 Å². The van der Waals surface area contributed by atoms with Gasteiger partial charge in [-0.15, -0.1) is 11.3 Å². The van der Waals surface area contributed by atoms with E-state index >= 15 is 0 Å². The van der Waals surface area contributed by atoms with E-state index in [2.05, 4.69) is 51.2 Å². The molecule has 3 aromatic rings. The molecule has 1 aromatic carbocycles. The van der Waals surface area contributed by atoms with Gasteiger partial charge in [0.2, 0.25) is 0 Å². The molecule has 1 unspecified atom stereocenters. The molecule has 1 aliphatic rings. The van der Waals surface area contributed by atoms with Gasteiger partial charge in [0.25, 0.3) is 0 Å². The van der Waals surface area contributed by atoms with Crippen molar-refractivity contribution in [2.24, 2.45) is 0 Å². The molecule has 1 fully saturated rings. The number of thiazole rings is 1. The van der Waals surface area contributed by atoms with Crippen LogP contribution >= 0.6 is 11.3 Å². The Kier molecular flexibility index (Phi) is 3.56. The first-order chi connectivity index (χ1) is 10.9. The highest BCUT2D eigenvalue weighted by Gasteiger charge is 2.25. The molecule has 0 bridgehead atoms. The van der Waals surface area contributed by atoms with Crippen LogP contribution in [0, 0.1) is 0 Å². The van der Waals surface area contributed by atoms with Gasteiger partial charge in [-0.2, -0.15) is 0 Å². The van der Waals surface area contributed by atoms with Crippen molar-refractivity contribution in [2.75, 3.05) is 13.1 Å². The number of carbonyl (C=O) groups is 1. The lowest BCUT2D eigenvalue weighted by Gasteiger charge is -2.21. The minimum absolute atomic E-state index is 0.118. The summed E-state index contributed by atoms with van der Waals surface area (Å²) in [7, 11) is 0. The average molecular weight is 310 g/mol. The number of aldehydes is 1. The van der Waals surface area contributed by atoms with Crippen LogP contribution < -0.4 is 0 Å². The summed E-state index contributed by atoms with van der Waals surface area (Å²) in [6.07, 6.45) is 5.63. The average Bonchev–Trinajstić information content (AvgIpc) is 3.27. The molecule has 2 aromatic heterocycles. The first-order valence-corrected chi connectivity index (χ1v) is 8.59. The van der Waals surface area contributed by atoms with Crippen molar-refractivity contribution in [3.63, 3.8) is 0 Å². The van der Waals surface area contributed by atoms with E-state index in [0.717, 1.165) is 25.1 Å². The largest absolute Gasteiger partial charge is 0.309 e. The second-order valence-corrected chi connectivity index (χ2v) is 6.68. The molecular weight excluding hydrogens is 292 g/mol. The minimum Gasteiger partial charge on any atom is -0.309 e. The van der Waals surface area contributed by atoms with Crippen LogP contribution in [0.4, 0.5) is 0 Å². The van der Waals surface area contributed by atoms with Crippen molar-refractivity contribution in [3.8, 4) is 11.1 Å². The van der Waals surface area contributed by atoms with Gasteiger partial charge < -0.3 is 9.20 Å². The lowest BCUT2D eigenvalue weighted by Crippen LogP contribution is -2.27. The first-order valence-electron chi connectivity index (χ1n) is 7.71. The summed E-state index contributed by atoms with van der Waals surface area (Å²) in [5.74, 6) is 0. The minimum atomic E-state index is -0.118. The van der Waals surface area contributed by atoms with Crippen LogP contribution in [0.25, 0.3) is 16.0 Å². The van der Waals surface area contributed by atoms with Crippen molar-refractivity contribution in [1.82, 2.24) is 9.30 Å². The van der Waals surface area contributed by atoms with Gasteiger partial charge in [-0.25, -0.2) is 0 Å². The molecule has 0 saturated carbocycles. The Morgan fingerprint density at radius 2 is 1.86 bits per heavy atom. The van der Waals surface area contributed by atoms with E-state index < -0.39 is 0 Å². The molecule has 112 valence electrons. The summed E-state index contributed by atoms with van der Waals surface area (Å²) in [5, 5.41) is 2.13. The van der Waals surface area contributed by atoms with Crippen LogP contribution in [0.1, 0.15) is 24.6 Å². The predicted octanol–water partition coefficient (Wildman–Crippen LogP) is 4.00. The third-order valence-corrected chi connectivity index (χ3v) is 5.35. The van der Waals surface area contributed by atoms with E-state index in [1.807, 2.05) is 6.07 Å². The Labute approximate surface area is 133 Å². The van der Waals surface area contributed by atoms with Crippen LogP contribution in [0.2, 0.25) is 0 Å². The fraction of sp³-hybridized carbons (Fsp3) is 0.278. The highest BCUT2D eigenvalue weighted by Crippen LogP contribution is 2.31. The maximum atomic E-state index is 11.7. The highest BCUT2D eigenvalue weighted by molar-refractivity contribution is 7.15. The van der Waals surface area contributed by atoms with Gasteiger partial charge in [-0.3, -0.25) is 4.90 Å². The van der Waals surface area contributed by atoms with Crippen LogP contribution in [-0.4, -0.2) is 28.7 Å². The standard InChI is InChI=1S/C18H18N2OS/c21-12-16(19-8-4-5-9-19)17-13-22-18-10-15(11-20(17)18)14-6-2-1-3-7-14/h1-3,6-7,10-13,16H,4-5,8-9H2. The molecule has 1 aliphatic heterocycles. The number of hydrogen-bond acceptors (Lipinski definition) is 3. The van der Waals surface area contributed by atoms with Gasteiger partial charge in [0.15, 0.2) is 0 Å². The van der Waals surface area contributed by atoms with Crippen molar-refractivity contribution >= 4 is 22.5 Å². The second-order valence-electron chi connectivity index (χ2n) is 5.79. The topological polar surface area (TPSA) is 24.7 Å². The van der Waals surface area contributed by atoms with E-state index in [4.69, 9.17) is 0 Å². The number of hydrogen-bond donors (Lipinski definition) is 0. The van der Waals surface area contributed by atoms with Gasteiger partial charge in [0.05, 0.1) is 10.5 Å². The summed E-state index contributed by atoms with van der Waals surface area (Å²) in [4.78, 5) is 15.1. The number of aromatic nitrogens is 1. The maximum Gasteiger partial charge on any atom is 0.143 e. The van der Waals surface area contributed by atoms with Gasteiger partial charge in [-0.1, -0.05) is 30.3 Å². The molecule has 4 heteroatoms. The molecule has 0 N–H and O–H groups in total. The summed E-state index contributed by atoms with van der Waals surface area (Å²) in [6, 6.07) is 12.5. The van der Waals surface area contributed by atoms with E-state index in [0.29, 0.717) is 0 Å². The van der Waals surface area contributed by atoms with Gasteiger partial charge in [0.1, 0.15) is 12.3 Å². The molecular formula is C18H18N2OS. The van der Waals surface area contributed by atoms with Crippen LogP contribution in [-0.2, 0) is 4.79 Å². The molecule has 22 heavy (non-hydrogen) atoms. The zero-order chi connectivity index (χ0) is 14.9. The van der Waals surface area contributed by atoms with Gasteiger partial charge in [-0.05, 0) is 37.6 Å². The molecule has 0 amide bonds. The number of nitrogens with zero attached hydrogens (tertiary/aromatic N) is 2. The monoisotopic (exact) mass is 310 g/mol. The third kappa shape index (κ3) is 2.28. The predicted molar refractivity (Wildman–Crippen MR) is 90.3 cm³/mol. The van der Waals surface area contributed by atoms with Crippen LogP contribution in [0.5, 0.6) is 0 Å². The number of carbonyl (C=O) groups excluding carboxylic acids is 1. The molecule has 3 nitrogen and oxygen atoms in total. The molecule has 3 heterocycles. The number of benzene rings is 1. The van der Waals surface area contributed by atoms with E-state index in [1.54, 1.807) is 11.3 Å². The van der Waals surface area contributed by atoms with Crippen LogP contribution in [0.15, 0.2) is 48.0 Å². The van der Waals surface area contributed by atoms with E-state index in [9.17, 15) is 4.79 Å². The number of rotatable bonds is 4. The maximum absolute atomic E-state index is 11.7. The van der Waals surface area contributed by atoms with Crippen LogP contribution in [0.3, 0.4) is 0 Å². The third-order valence-electron chi connectivity index (χ3n) is 4.44. The number of likely N-dealkylation sites (tertiary alicyclic amines) is 1. The summed E-state index contributed by atoms with van der Waals surface area (Å²) in [6.45, 7) is 2.04. The fourth-order valence-electron chi connectivity index (χ4n) is 3.28. The molecule has 1 atom stereocenters. The zero-order valence-corrected chi connectivity index (χ0v) is 13.1. The SMILES string of the molecule is O=CC(c1csc2cc(-c3ccccc3)cn12)N1CCCC1. The van der Waals surface area contributed by atoms with Crippen molar-refractivity contribution < 1.29 is 4.79 Å². The summed E-state index contributed by atoms with van der Waals surface area (Å²) < 4.78 is 2.18.